The molecule has 0 unspecified atom stereocenters. The van der Waals surface area contributed by atoms with Crippen molar-refractivity contribution in [1.82, 2.24) is 15.1 Å². The first-order valence-electron chi connectivity index (χ1n) is 8.85. The molecular formula is C21H21ClFN3O2. The zero-order chi connectivity index (χ0) is 20.1. The van der Waals surface area contributed by atoms with Gasteiger partial charge in [0.25, 0.3) is 5.91 Å². The SMILES string of the molecule is Cc1nn(Cc2ccccc2)c(C)c1CNC(=O)COc1ccc(F)cc1Cl. The number of carbonyl (C=O) groups excluding carboxylic acids is 1. The predicted molar refractivity (Wildman–Crippen MR) is 106 cm³/mol. The molecule has 0 aliphatic carbocycles. The van der Waals surface area contributed by atoms with E-state index in [0.717, 1.165) is 28.6 Å². The summed E-state index contributed by atoms with van der Waals surface area (Å²) in [4.78, 5) is 12.1. The predicted octanol–water partition coefficient (Wildman–Crippen LogP) is 4.04. The van der Waals surface area contributed by atoms with Gasteiger partial charge in [0, 0.05) is 17.8 Å². The number of ether oxygens (including phenoxy) is 1. The van der Waals surface area contributed by atoms with Gasteiger partial charge in [0.15, 0.2) is 6.61 Å². The molecule has 3 rings (SSSR count). The highest BCUT2D eigenvalue weighted by Crippen LogP contribution is 2.24. The molecule has 3 aromatic rings. The number of hydrogen-bond acceptors (Lipinski definition) is 3. The van der Waals surface area contributed by atoms with Crippen molar-refractivity contribution in [3.8, 4) is 5.75 Å². The van der Waals surface area contributed by atoms with Crippen molar-refractivity contribution in [2.24, 2.45) is 0 Å². The zero-order valence-electron chi connectivity index (χ0n) is 15.7. The number of rotatable bonds is 7. The Labute approximate surface area is 168 Å². The first kappa shape index (κ1) is 19.9. The quantitative estimate of drug-likeness (QED) is 0.650. The van der Waals surface area contributed by atoms with Crippen molar-refractivity contribution in [1.29, 1.82) is 0 Å². The third-order valence-corrected chi connectivity index (χ3v) is 4.72. The lowest BCUT2D eigenvalue weighted by molar-refractivity contribution is -0.123. The Kier molecular flexibility index (Phi) is 6.31. The lowest BCUT2D eigenvalue weighted by atomic mass is 10.2. The van der Waals surface area contributed by atoms with Crippen LogP contribution in [-0.2, 0) is 17.9 Å². The maximum Gasteiger partial charge on any atom is 0.258 e. The molecule has 146 valence electrons. The van der Waals surface area contributed by atoms with E-state index >= 15 is 0 Å². The van der Waals surface area contributed by atoms with Gasteiger partial charge in [-0.1, -0.05) is 41.9 Å². The summed E-state index contributed by atoms with van der Waals surface area (Å²) in [5.41, 5.74) is 4.01. The second-order valence-corrected chi connectivity index (χ2v) is 6.84. The Hall–Kier alpha value is -2.86. The molecule has 2 aromatic carbocycles. The molecule has 0 bridgehead atoms. The fourth-order valence-corrected chi connectivity index (χ4v) is 3.10. The Morgan fingerprint density at radius 3 is 2.68 bits per heavy atom. The zero-order valence-corrected chi connectivity index (χ0v) is 16.5. The van der Waals surface area contributed by atoms with Crippen LogP contribution in [-0.4, -0.2) is 22.3 Å². The van der Waals surface area contributed by atoms with Crippen molar-refractivity contribution in [2.45, 2.75) is 26.9 Å². The van der Waals surface area contributed by atoms with Gasteiger partial charge in [-0.25, -0.2) is 4.39 Å². The first-order chi connectivity index (χ1) is 13.4. The highest BCUT2D eigenvalue weighted by atomic mass is 35.5. The van der Waals surface area contributed by atoms with E-state index in [4.69, 9.17) is 16.3 Å². The smallest absolute Gasteiger partial charge is 0.258 e. The molecular weight excluding hydrogens is 381 g/mol. The van der Waals surface area contributed by atoms with E-state index in [0.29, 0.717) is 13.1 Å². The van der Waals surface area contributed by atoms with E-state index in [1.54, 1.807) is 0 Å². The van der Waals surface area contributed by atoms with E-state index in [1.807, 2.05) is 36.7 Å². The van der Waals surface area contributed by atoms with Crippen LogP contribution in [0.3, 0.4) is 0 Å². The van der Waals surface area contributed by atoms with Crippen LogP contribution in [0.2, 0.25) is 5.02 Å². The van der Waals surface area contributed by atoms with Crippen LogP contribution in [0.4, 0.5) is 4.39 Å². The number of hydrogen-bond donors (Lipinski definition) is 1. The molecule has 7 heteroatoms. The molecule has 0 fully saturated rings. The Bertz CT molecular complexity index is 973. The summed E-state index contributed by atoms with van der Waals surface area (Å²) in [7, 11) is 0. The molecule has 1 amide bonds. The standard InChI is InChI=1S/C21H21ClFN3O2/c1-14-18(15(2)26(25-14)12-16-6-4-3-5-7-16)11-24-21(27)13-28-20-9-8-17(23)10-19(20)22/h3-10H,11-13H2,1-2H3,(H,24,27). The fourth-order valence-electron chi connectivity index (χ4n) is 2.87. The number of amides is 1. The van der Waals surface area contributed by atoms with Crippen molar-refractivity contribution < 1.29 is 13.9 Å². The van der Waals surface area contributed by atoms with Gasteiger partial charge < -0.3 is 10.1 Å². The largest absolute Gasteiger partial charge is 0.482 e. The highest BCUT2D eigenvalue weighted by Gasteiger charge is 2.13. The molecule has 1 aromatic heterocycles. The lowest BCUT2D eigenvalue weighted by Gasteiger charge is -2.09. The van der Waals surface area contributed by atoms with Crippen LogP contribution in [0.15, 0.2) is 48.5 Å². The Morgan fingerprint density at radius 2 is 1.96 bits per heavy atom. The van der Waals surface area contributed by atoms with Crippen molar-refractivity contribution in [2.75, 3.05) is 6.61 Å². The maximum atomic E-state index is 13.0. The van der Waals surface area contributed by atoms with Crippen molar-refractivity contribution >= 4 is 17.5 Å². The summed E-state index contributed by atoms with van der Waals surface area (Å²) in [5.74, 6) is -0.489. The van der Waals surface area contributed by atoms with E-state index in [9.17, 15) is 9.18 Å². The van der Waals surface area contributed by atoms with Crippen molar-refractivity contribution in [3.05, 3.63) is 81.9 Å². The number of carbonyl (C=O) groups is 1. The van der Waals surface area contributed by atoms with Gasteiger partial charge in [0.2, 0.25) is 0 Å². The topological polar surface area (TPSA) is 56.2 Å². The second kappa shape index (κ2) is 8.89. The summed E-state index contributed by atoms with van der Waals surface area (Å²) in [5, 5.41) is 7.53. The molecule has 0 saturated carbocycles. The molecule has 1 N–H and O–H groups in total. The summed E-state index contributed by atoms with van der Waals surface area (Å²) in [6, 6.07) is 13.8. The number of aryl methyl sites for hydroxylation is 1. The van der Waals surface area contributed by atoms with E-state index in [2.05, 4.69) is 22.5 Å². The maximum absolute atomic E-state index is 13.0. The minimum Gasteiger partial charge on any atom is -0.482 e. The number of nitrogens with one attached hydrogen (secondary N) is 1. The number of aromatic nitrogens is 2. The van der Waals surface area contributed by atoms with Gasteiger partial charge >= 0.3 is 0 Å². The summed E-state index contributed by atoms with van der Waals surface area (Å²) < 4.78 is 20.3. The van der Waals surface area contributed by atoms with Crippen LogP contribution < -0.4 is 10.1 Å². The van der Waals surface area contributed by atoms with Gasteiger partial charge in [-0.3, -0.25) is 9.48 Å². The van der Waals surface area contributed by atoms with Crippen LogP contribution in [0, 0.1) is 19.7 Å². The molecule has 28 heavy (non-hydrogen) atoms. The first-order valence-corrected chi connectivity index (χ1v) is 9.23. The summed E-state index contributed by atoms with van der Waals surface area (Å²) in [6.07, 6.45) is 0. The van der Waals surface area contributed by atoms with E-state index in [1.165, 1.54) is 12.1 Å². The Morgan fingerprint density at radius 1 is 1.21 bits per heavy atom. The average molecular weight is 402 g/mol. The van der Waals surface area contributed by atoms with Crippen LogP contribution in [0.25, 0.3) is 0 Å². The van der Waals surface area contributed by atoms with Crippen LogP contribution in [0.1, 0.15) is 22.5 Å². The molecule has 5 nitrogen and oxygen atoms in total. The van der Waals surface area contributed by atoms with Gasteiger partial charge in [0.05, 0.1) is 17.3 Å². The summed E-state index contributed by atoms with van der Waals surface area (Å²) >= 11 is 5.89. The highest BCUT2D eigenvalue weighted by molar-refractivity contribution is 6.32. The minimum atomic E-state index is -0.458. The molecule has 1 heterocycles. The van der Waals surface area contributed by atoms with E-state index in [-0.39, 0.29) is 23.3 Å². The third-order valence-electron chi connectivity index (χ3n) is 4.42. The number of benzene rings is 2. The minimum absolute atomic E-state index is 0.127. The molecule has 0 radical (unpaired) electrons. The molecule has 0 atom stereocenters. The van der Waals surface area contributed by atoms with Crippen LogP contribution in [0.5, 0.6) is 5.75 Å². The fraction of sp³-hybridized carbons (Fsp3) is 0.238. The second-order valence-electron chi connectivity index (χ2n) is 6.43. The van der Waals surface area contributed by atoms with Gasteiger partial charge in [-0.15, -0.1) is 0 Å². The number of halogens is 2. The normalized spacial score (nSPS) is 10.7. The average Bonchev–Trinajstić information content (AvgIpc) is 2.93. The van der Waals surface area contributed by atoms with Crippen LogP contribution >= 0.6 is 11.6 Å². The van der Waals surface area contributed by atoms with Gasteiger partial charge in [0.1, 0.15) is 11.6 Å². The summed E-state index contributed by atoms with van der Waals surface area (Å²) in [6.45, 7) is 4.73. The molecule has 0 saturated heterocycles. The van der Waals surface area contributed by atoms with E-state index < -0.39 is 5.82 Å². The van der Waals surface area contributed by atoms with Crippen molar-refractivity contribution in [3.63, 3.8) is 0 Å². The monoisotopic (exact) mass is 401 g/mol. The molecule has 0 aliphatic rings. The lowest BCUT2D eigenvalue weighted by Crippen LogP contribution is -2.28. The van der Waals surface area contributed by atoms with Gasteiger partial charge in [-0.05, 0) is 37.6 Å². The molecule has 0 spiro atoms. The molecule has 0 aliphatic heterocycles. The number of nitrogens with zero attached hydrogens (tertiary/aromatic N) is 2. The Balaban J connectivity index is 1.57. The van der Waals surface area contributed by atoms with Gasteiger partial charge in [-0.2, -0.15) is 5.10 Å². The third kappa shape index (κ3) is 4.89.